The molecule has 0 atom stereocenters. The fraction of sp³-hybridized carbons (Fsp3) is 0.300. The average molecular weight is 380 g/mol. The van der Waals surface area contributed by atoms with Gasteiger partial charge in [0, 0.05) is 11.4 Å². The molecule has 6 nitrogen and oxygen atoms in total. The number of aryl methyl sites for hydroxylation is 2. The van der Waals surface area contributed by atoms with Gasteiger partial charge in [-0.15, -0.1) is 17.9 Å². The van der Waals surface area contributed by atoms with Crippen molar-refractivity contribution in [1.29, 1.82) is 0 Å². The van der Waals surface area contributed by atoms with Crippen LogP contribution in [0.1, 0.15) is 23.4 Å². The van der Waals surface area contributed by atoms with Crippen molar-refractivity contribution in [2.45, 2.75) is 32.2 Å². The van der Waals surface area contributed by atoms with E-state index in [2.05, 4.69) is 16.5 Å². The quantitative estimate of drug-likeness (QED) is 0.638. The Hall–Kier alpha value is -2.80. The number of thiazole rings is 1. The van der Waals surface area contributed by atoms with Crippen LogP contribution in [-0.4, -0.2) is 27.0 Å². The molecule has 1 aromatic carbocycles. The fourth-order valence-corrected chi connectivity index (χ4v) is 4.49. The predicted molar refractivity (Wildman–Crippen MR) is 107 cm³/mol. The molecule has 0 saturated carbocycles. The molecule has 7 heteroatoms. The largest absolute Gasteiger partial charge is 0.289 e. The van der Waals surface area contributed by atoms with Gasteiger partial charge < -0.3 is 0 Å². The Labute approximate surface area is 160 Å². The first-order chi connectivity index (χ1) is 13.2. The summed E-state index contributed by atoms with van der Waals surface area (Å²) in [6.07, 6.45) is 7.42. The molecular formula is C20H20N4O2S. The lowest BCUT2D eigenvalue weighted by molar-refractivity contribution is -0.119. The van der Waals surface area contributed by atoms with Crippen LogP contribution in [0.4, 0.5) is 5.13 Å². The molecule has 0 N–H and O–H groups in total. The molecule has 1 aliphatic carbocycles. The average Bonchev–Trinajstić information content (AvgIpc) is 3.12. The summed E-state index contributed by atoms with van der Waals surface area (Å²) < 4.78 is 1.36. The van der Waals surface area contributed by atoms with E-state index >= 15 is 0 Å². The smallest absolute Gasteiger partial charge is 0.261 e. The summed E-state index contributed by atoms with van der Waals surface area (Å²) in [5.74, 6) is -0.194. The minimum Gasteiger partial charge on any atom is -0.289 e. The molecule has 27 heavy (non-hydrogen) atoms. The van der Waals surface area contributed by atoms with Crippen molar-refractivity contribution in [1.82, 2.24) is 14.5 Å². The number of anilines is 1. The number of carbonyl (C=O) groups is 1. The molecule has 0 fully saturated rings. The van der Waals surface area contributed by atoms with Crippen molar-refractivity contribution in [3.8, 4) is 0 Å². The number of fused-ring (bicyclic) bond motifs is 2. The zero-order chi connectivity index (χ0) is 18.8. The van der Waals surface area contributed by atoms with E-state index in [0.29, 0.717) is 22.6 Å². The Kier molecular flexibility index (Phi) is 4.85. The molecule has 138 valence electrons. The third kappa shape index (κ3) is 3.42. The van der Waals surface area contributed by atoms with Crippen LogP contribution in [0.2, 0.25) is 0 Å². The second-order valence-electron chi connectivity index (χ2n) is 6.56. The highest BCUT2D eigenvalue weighted by atomic mass is 32.1. The van der Waals surface area contributed by atoms with E-state index in [-0.39, 0.29) is 18.0 Å². The molecular weight excluding hydrogens is 360 g/mol. The zero-order valence-electron chi connectivity index (χ0n) is 14.9. The molecule has 0 saturated heterocycles. The number of para-hydroxylation sites is 1. The molecule has 0 unspecified atom stereocenters. The van der Waals surface area contributed by atoms with Gasteiger partial charge in [0.15, 0.2) is 5.13 Å². The second kappa shape index (κ2) is 7.44. The summed E-state index contributed by atoms with van der Waals surface area (Å²) >= 11 is 1.57. The summed E-state index contributed by atoms with van der Waals surface area (Å²) in [5.41, 5.74) is 1.51. The molecule has 2 heterocycles. The molecule has 3 aromatic rings. The predicted octanol–water partition coefficient (Wildman–Crippen LogP) is 2.95. The van der Waals surface area contributed by atoms with Crippen molar-refractivity contribution in [2.24, 2.45) is 0 Å². The third-order valence-electron chi connectivity index (χ3n) is 4.72. The first kappa shape index (κ1) is 17.6. The topological polar surface area (TPSA) is 68.1 Å². The van der Waals surface area contributed by atoms with Gasteiger partial charge in [0.25, 0.3) is 5.56 Å². The lowest BCUT2D eigenvalue weighted by Gasteiger charge is -2.18. The Morgan fingerprint density at radius 2 is 2.11 bits per heavy atom. The summed E-state index contributed by atoms with van der Waals surface area (Å²) in [5, 5.41) is 1.20. The molecule has 0 radical (unpaired) electrons. The van der Waals surface area contributed by atoms with Gasteiger partial charge in [0.05, 0.1) is 22.9 Å². The molecule has 4 rings (SSSR count). The van der Waals surface area contributed by atoms with Crippen LogP contribution in [-0.2, 0) is 24.2 Å². The number of benzene rings is 1. The molecule has 1 amide bonds. The van der Waals surface area contributed by atoms with Crippen molar-refractivity contribution in [3.63, 3.8) is 0 Å². The monoisotopic (exact) mass is 380 g/mol. The summed E-state index contributed by atoms with van der Waals surface area (Å²) in [4.78, 5) is 37.5. The van der Waals surface area contributed by atoms with Gasteiger partial charge in [0.1, 0.15) is 6.54 Å². The van der Waals surface area contributed by atoms with E-state index in [1.54, 1.807) is 40.5 Å². The Balaban J connectivity index is 1.63. The summed E-state index contributed by atoms with van der Waals surface area (Å²) in [6.45, 7) is 4.05. The van der Waals surface area contributed by atoms with Gasteiger partial charge in [0.2, 0.25) is 5.91 Å². The number of hydrogen-bond acceptors (Lipinski definition) is 5. The van der Waals surface area contributed by atoms with E-state index in [4.69, 9.17) is 0 Å². The highest BCUT2D eigenvalue weighted by Gasteiger charge is 2.23. The molecule has 0 bridgehead atoms. The van der Waals surface area contributed by atoms with Gasteiger partial charge in [-0.2, -0.15) is 0 Å². The molecule has 1 aliphatic rings. The first-order valence-corrected chi connectivity index (χ1v) is 9.83. The van der Waals surface area contributed by atoms with Crippen LogP contribution in [0.3, 0.4) is 0 Å². The zero-order valence-corrected chi connectivity index (χ0v) is 15.7. The van der Waals surface area contributed by atoms with E-state index in [9.17, 15) is 9.59 Å². The van der Waals surface area contributed by atoms with E-state index in [1.807, 2.05) is 6.07 Å². The van der Waals surface area contributed by atoms with Crippen LogP contribution in [0.5, 0.6) is 0 Å². The minimum absolute atomic E-state index is 0.0746. The van der Waals surface area contributed by atoms with Crippen molar-refractivity contribution < 1.29 is 4.79 Å². The van der Waals surface area contributed by atoms with E-state index < -0.39 is 0 Å². The van der Waals surface area contributed by atoms with Gasteiger partial charge in [-0.25, -0.2) is 9.97 Å². The Bertz CT molecular complexity index is 1050. The molecule has 0 aliphatic heterocycles. The lowest BCUT2D eigenvalue weighted by atomic mass is 10.0. The Morgan fingerprint density at radius 1 is 1.30 bits per heavy atom. The van der Waals surface area contributed by atoms with Crippen LogP contribution in [0, 0.1) is 0 Å². The normalized spacial score (nSPS) is 13.3. The molecule has 2 aromatic heterocycles. The van der Waals surface area contributed by atoms with Crippen molar-refractivity contribution in [2.75, 3.05) is 11.4 Å². The van der Waals surface area contributed by atoms with E-state index in [1.165, 1.54) is 22.2 Å². The fourth-order valence-electron chi connectivity index (χ4n) is 3.32. The van der Waals surface area contributed by atoms with E-state index in [0.717, 1.165) is 25.0 Å². The van der Waals surface area contributed by atoms with Gasteiger partial charge in [-0.3, -0.25) is 19.1 Å². The summed E-state index contributed by atoms with van der Waals surface area (Å²) in [6, 6.07) is 7.14. The van der Waals surface area contributed by atoms with Crippen LogP contribution >= 0.6 is 11.3 Å². The van der Waals surface area contributed by atoms with Crippen LogP contribution in [0.25, 0.3) is 10.9 Å². The first-order valence-electron chi connectivity index (χ1n) is 9.01. The second-order valence-corrected chi connectivity index (χ2v) is 7.62. The van der Waals surface area contributed by atoms with Gasteiger partial charge in [-0.05, 0) is 37.8 Å². The minimum atomic E-state index is -0.217. The Morgan fingerprint density at radius 3 is 2.93 bits per heavy atom. The number of amides is 1. The summed E-state index contributed by atoms with van der Waals surface area (Å²) in [7, 11) is 0. The maximum absolute atomic E-state index is 13.0. The lowest BCUT2D eigenvalue weighted by Crippen LogP contribution is -2.36. The maximum atomic E-state index is 13.0. The standard InChI is InChI=1S/C20H20N4O2S/c1-2-11-24(20-22-16-9-5-6-10-17(16)27-20)18(25)12-23-13-21-15-8-4-3-7-14(15)19(23)26/h2-4,7-8,13H,1,5-6,9-12H2. The van der Waals surface area contributed by atoms with Crippen LogP contribution in [0.15, 0.2) is 48.0 Å². The number of nitrogens with zero attached hydrogens (tertiary/aromatic N) is 4. The van der Waals surface area contributed by atoms with Crippen molar-refractivity contribution in [3.05, 3.63) is 64.2 Å². The highest BCUT2D eigenvalue weighted by Crippen LogP contribution is 2.31. The number of rotatable bonds is 5. The van der Waals surface area contributed by atoms with Gasteiger partial charge >= 0.3 is 0 Å². The van der Waals surface area contributed by atoms with Crippen molar-refractivity contribution >= 4 is 33.3 Å². The third-order valence-corrected chi connectivity index (χ3v) is 5.90. The number of hydrogen-bond donors (Lipinski definition) is 0. The SMILES string of the molecule is C=CCN(C(=O)Cn1cnc2ccccc2c1=O)c1nc2c(s1)CCCC2. The maximum Gasteiger partial charge on any atom is 0.261 e. The highest BCUT2D eigenvalue weighted by molar-refractivity contribution is 7.16. The van der Waals surface area contributed by atoms with Crippen LogP contribution < -0.4 is 10.5 Å². The number of aromatic nitrogens is 3. The number of carbonyl (C=O) groups excluding carboxylic acids is 1. The molecule has 0 spiro atoms. The van der Waals surface area contributed by atoms with Gasteiger partial charge in [-0.1, -0.05) is 18.2 Å².